The molecule has 0 radical (unpaired) electrons. The molecule has 0 amide bonds. The molecule has 194 valence electrons. The number of rotatable bonds is 5. The van der Waals surface area contributed by atoms with Gasteiger partial charge in [0.25, 0.3) is 0 Å². The average molecular weight is 500 g/mol. The average Bonchev–Trinajstić information content (AvgIpc) is 3.41. The SMILES string of the molecule is CN1CCCC1c1cccnc1.O=C(OC1CC2CCN1CC2)C(O)(c1ccccc1)c1ccccc1. The Bertz CT molecular complexity index is 1090. The molecule has 4 fully saturated rings. The van der Waals surface area contributed by atoms with Crippen molar-refractivity contribution in [1.82, 2.24) is 14.8 Å². The van der Waals surface area contributed by atoms with Crippen LogP contribution in [0.3, 0.4) is 0 Å². The Kier molecular flexibility index (Phi) is 7.99. The number of piperidine rings is 3. The summed E-state index contributed by atoms with van der Waals surface area (Å²) in [6, 6.07) is 22.9. The van der Waals surface area contributed by atoms with Gasteiger partial charge < -0.3 is 9.84 Å². The number of aromatic nitrogens is 1. The number of carbonyl (C=O) groups excluding carboxylic acids is 1. The molecule has 3 aromatic rings. The normalized spacial score (nSPS) is 25.2. The van der Waals surface area contributed by atoms with E-state index in [1.165, 1.54) is 37.8 Å². The van der Waals surface area contributed by atoms with Crippen molar-refractivity contribution < 1.29 is 14.6 Å². The second-order valence-electron chi connectivity index (χ2n) is 10.4. The summed E-state index contributed by atoms with van der Waals surface area (Å²) in [7, 11) is 2.19. The molecular weight excluding hydrogens is 462 g/mol. The summed E-state index contributed by atoms with van der Waals surface area (Å²) in [5.74, 6) is 0.0341. The van der Waals surface area contributed by atoms with Crippen molar-refractivity contribution in [2.45, 2.75) is 50.0 Å². The van der Waals surface area contributed by atoms with Gasteiger partial charge in [-0.2, -0.15) is 0 Å². The highest BCUT2D eigenvalue weighted by Gasteiger charge is 2.45. The predicted molar refractivity (Wildman–Crippen MR) is 144 cm³/mol. The van der Waals surface area contributed by atoms with Crippen LogP contribution in [0.4, 0.5) is 0 Å². The molecule has 6 nitrogen and oxygen atoms in total. The first-order chi connectivity index (χ1) is 18.1. The summed E-state index contributed by atoms with van der Waals surface area (Å²) in [5.41, 5.74) is 0.627. The van der Waals surface area contributed by atoms with Crippen LogP contribution >= 0.6 is 0 Å². The number of hydrogen-bond acceptors (Lipinski definition) is 6. The Morgan fingerprint density at radius 1 is 0.919 bits per heavy atom. The molecule has 6 heteroatoms. The summed E-state index contributed by atoms with van der Waals surface area (Å²) in [6.07, 6.45) is 9.40. The lowest BCUT2D eigenvalue weighted by atomic mass is 9.85. The van der Waals surface area contributed by atoms with E-state index in [0.717, 1.165) is 19.5 Å². The summed E-state index contributed by atoms with van der Waals surface area (Å²) < 4.78 is 5.84. The van der Waals surface area contributed by atoms with Crippen molar-refractivity contribution in [2.75, 3.05) is 26.7 Å². The second-order valence-corrected chi connectivity index (χ2v) is 10.4. The predicted octanol–water partition coefficient (Wildman–Crippen LogP) is 4.76. The zero-order valence-corrected chi connectivity index (χ0v) is 21.6. The Morgan fingerprint density at radius 3 is 2.05 bits per heavy atom. The van der Waals surface area contributed by atoms with Crippen molar-refractivity contribution in [3.05, 3.63) is 102 Å². The molecule has 2 atom stereocenters. The van der Waals surface area contributed by atoms with Crippen molar-refractivity contribution in [3.8, 4) is 0 Å². The van der Waals surface area contributed by atoms with Crippen LogP contribution in [0.5, 0.6) is 0 Å². The first-order valence-electron chi connectivity index (χ1n) is 13.4. The van der Waals surface area contributed by atoms with Crippen LogP contribution in [0.1, 0.15) is 54.8 Å². The summed E-state index contributed by atoms with van der Waals surface area (Å²) >= 11 is 0. The third-order valence-corrected chi connectivity index (χ3v) is 8.10. The quantitative estimate of drug-likeness (QED) is 0.511. The highest BCUT2D eigenvalue weighted by molar-refractivity contribution is 5.85. The molecule has 2 bridgehead atoms. The lowest BCUT2D eigenvalue weighted by Gasteiger charge is -2.45. The van der Waals surface area contributed by atoms with Crippen LogP contribution in [0.25, 0.3) is 0 Å². The third kappa shape index (κ3) is 5.61. The molecule has 2 unspecified atom stereocenters. The number of fused-ring (bicyclic) bond motifs is 3. The number of benzene rings is 2. The Morgan fingerprint density at radius 2 is 1.57 bits per heavy atom. The summed E-state index contributed by atoms with van der Waals surface area (Å²) in [5, 5.41) is 11.4. The molecule has 2 aromatic carbocycles. The smallest absolute Gasteiger partial charge is 0.349 e. The fourth-order valence-corrected chi connectivity index (χ4v) is 5.91. The fraction of sp³-hybridized carbons (Fsp3) is 0.419. The number of ether oxygens (including phenoxy) is 1. The van der Waals surface area contributed by atoms with E-state index in [1.54, 1.807) is 24.3 Å². The monoisotopic (exact) mass is 499 g/mol. The van der Waals surface area contributed by atoms with Crippen molar-refractivity contribution >= 4 is 5.97 Å². The molecular formula is C31H37N3O3. The minimum Gasteiger partial charge on any atom is -0.444 e. The van der Waals surface area contributed by atoms with Crippen LogP contribution < -0.4 is 0 Å². The van der Waals surface area contributed by atoms with Gasteiger partial charge in [0.2, 0.25) is 5.60 Å². The van der Waals surface area contributed by atoms with E-state index in [1.807, 2.05) is 54.9 Å². The summed E-state index contributed by atoms with van der Waals surface area (Å²) in [6.45, 7) is 3.16. The van der Waals surface area contributed by atoms with Gasteiger partial charge in [0.15, 0.2) is 6.23 Å². The lowest BCUT2D eigenvalue weighted by molar-refractivity contribution is -0.187. The molecule has 4 aliphatic heterocycles. The number of aliphatic hydroxyl groups is 1. The van der Waals surface area contributed by atoms with Gasteiger partial charge in [-0.3, -0.25) is 14.8 Å². The third-order valence-electron chi connectivity index (χ3n) is 8.10. The number of carbonyl (C=O) groups is 1. The molecule has 0 saturated carbocycles. The zero-order chi connectivity index (χ0) is 25.7. The minimum absolute atomic E-state index is 0.223. The largest absolute Gasteiger partial charge is 0.444 e. The van der Waals surface area contributed by atoms with Crippen LogP contribution in [-0.2, 0) is 15.1 Å². The van der Waals surface area contributed by atoms with Crippen molar-refractivity contribution in [2.24, 2.45) is 5.92 Å². The molecule has 5 heterocycles. The van der Waals surface area contributed by atoms with Gasteiger partial charge in [0, 0.05) is 37.9 Å². The van der Waals surface area contributed by atoms with Gasteiger partial charge in [-0.15, -0.1) is 0 Å². The van der Waals surface area contributed by atoms with Gasteiger partial charge in [0.05, 0.1) is 0 Å². The number of pyridine rings is 1. The minimum atomic E-state index is -1.79. The van der Waals surface area contributed by atoms with Crippen molar-refractivity contribution in [1.29, 1.82) is 0 Å². The van der Waals surface area contributed by atoms with E-state index in [4.69, 9.17) is 4.74 Å². The standard InChI is InChI=1S/C21H23NO3.C10H14N2/c23-20(25-19-15-16-11-13-22(19)14-12-16)21(24,17-7-3-1-4-8-17)18-9-5-2-6-10-18;1-12-7-3-5-10(12)9-4-2-6-11-8-9/h1-10,16,19,24H,11-15H2;2,4,6,8,10H,3,5,7H2,1H3. The summed E-state index contributed by atoms with van der Waals surface area (Å²) in [4.78, 5) is 21.9. The van der Waals surface area contributed by atoms with Gasteiger partial charge in [-0.25, -0.2) is 4.79 Å². The molecule has 0 spiro atoms. The maximum atomic E-state index is 13.1. The molecule has 0 aliphatic carbocycles. The van der Waals surface area contributed by atoms with E-state index >= 15 is 0 Å². The highest BCUT2D eigenvalue weighted by atomic mass is 16.6. The lowest BCUT2D eigenvalue weighted by Crippen LogP contribution is -2.52. The molecule has 7 rings (SSSR count). The van der Waals surface area contributed by atoms with Crippen LogP contribution in [0, 0.1) is 5.92 Å². The molecule has 37 heavy (non-hydrogen) atoms. The Labute approximate surface area is 219 Å². The first-order valence-corrected chi connectivity index (χ1v) is 13.4. The van der Waals surface area contributed by atoms with Gasteiger partial charge >= 0.3 is 5.97 Å². The Balaban J connectivity index is 0.000000195. The van der Waals surface area contributed by atoms with Crippen LogP contribution in [0.15, 0.2) is 85.2 Å². The maximum absolute atomic E-state index is 13.1. The van der Waals surface area contributed by atoms with Gasteiger partial charge in [-0.05, 0) is 68.0 Å². The topological polar surface area (TPSA) is 65.9 Å². The zero-order valence-electron chi connectivity index (χ0n) is 21.6. The number of nitrogens with zero attached hydrogens (tertiary/aromatic N) is 3. The highest BCUT2D eigenvalue weighted by Crippen LogP contribution is 2.36. The van der Waals surface area contributed by atoms with E-state index in [0.29, 0.717) is 23.1 Å². The van der Waals surface area contributed by atoms with Gasteiger partial charge in [0.1, 0.15) is 0 Å². The number of likely N-dealkylation sites (tertiary alicyclic amines) is 1. The molecule has 1 aromatic heterocycles. The number of hydrogen-bond donors (Lipinski definition) is 1. The molecule has 4 saturated heterocycles. The van der Waals surface area contributed by atoms with E-state index in [2.05, 4.69) is 27.9 Å². The first kappa shape index (κ1) is 25.6. The van der Waals surface area contributed by atoms with E-state index < -0.39 is 11.6 Å². The van der Waals surface area contributed by atoms with Crippen LogP contribution in [-0.4, -0.2) is 58.8 Å². The van der Waals surface area contributed by atoms with Crippen molar-refractivity contribution in [3.63, 3.8) is 0 Å². The van der Waals surface area contributed by atoms with E-state index in [9.17, 15) is 9.90 Å². The number of esters is 1. The fourth-order valence-electron chi connectivity index (χ4n) is 5.91. The Hall–Kier alpha value is -3.06. The molecule has 1 N–H and O–H groups in total. The van der Waals surface area contributed by atoms with Crippen LogP contribution in [0.2, 0.25) is 0 Å². The second kappa shape index (κ2) is 11.5. The molecule has 4 aliphatic rings. The van der Waals surface area contributed by atoms with E-state index in [-0.39, 0.29) is 6.23 Å². The maximum Gasteiger partial charge on any atom is 0.349 e. The van der Waals surface area contributed by atoms with Gasteiger partial charge in [-0.1, -0.05) is 66.7 Å².